The maximum atomic E-state index is 9.21. The Morgan fingerprint density at radius 2 is 1.62 bits per heavy atom. The van der Waals surface area contributed by atoms with Crippen LogP contribution >= 0.6 is 0 Å². The van der Waals surface area contributed by atoms with Gasteiger partial charge in [0.1, 0.15) is 5.75 Å². The number of rotatable bonds is 7. The van der Waals surface area contributed by atoms with Crippen molar-refractivity contribution in [1.82, 2.24) is 0 Å². The van der Waals surface area contributed by atoms with Crippen molar-refractivity contribution in [2.75, 3.05) is 0 Å². The second-order valence-corrected chi connectivity index (χ2v) is 4.70. The van der Waals surface area contributed by atoms with Gasteiger partial charge in [-0.1, -0.05) is 58.1 Å². The van der Waals surface area contributed by atoms with Crippen LogP contribution in [0.2, 0.25) is 0 Å². The maximum absolute atomic E-state index is 9.21. The molecular weight excluding hydrogens is 196 g/mol. The van der Waals surface area contributed by atoms with Gasteiger partial charge < -0.3 is 5.11 Å². The molecule has 90 valence electrons. The number of phenols is 1. The highest BCUT2D eigenvalue weighted by Gasteiger charge is 2.04. The van der Waals surface area contributed by atoms with E-state index in [4.69, 9.17) is 0 Å². The maximum Gasteiger partial charge on any atom is 0.115 e. The van der Waals surface area contributed by atoms with E-state index in [0.29, 0.717) is 11.7 Å². The quantitative estimate of drug-likeness (QED) is 0.651. The lowest BCUT2D eigenvalue weighted by atomic mass is 9.95. The minimum atomic E-state index is 0.360. The van der Waals surface area contributed by atoms with Gasteiger partial charge in [0, 0.05) is 0 Å². The molecule has 0 fully saturated rings. The lowest BCUT2D eigenvalue weighted by Crippen LogP contribution is -1.93. The van der Waals surface area contributed by atoms with Crippen molar-refractivity contribution >= 4 is 0 Å². The molecule has 0 heterocycles. The molecule has 0 unspecified atom stereocenters. The van der Waals surface area contributed by atoms with Crippen LogP contribution in [0.3, 0.4) is 0 Å². The minimum Gasteiger partial charge on any atom is -0.508 e. The molecule has 1 aromatic carbocycles. The smallest absolute Gasteiger partial charge is 0.115 e. The molecule has 0 saturated carbocycles. The standard InChI is InChI=1S/C15H24O/c1-3-4-5-6-7-8-13(2)14-9-11-15(16)12-10-14/h9-13,16H,3-8H2,1-2H3/t13-/m0/s1. The van der Waals surface area contributed by atoms with Crippen LogP contribution in [0.25, 0.3) is 0 Å². The van der Waals surface area contributed by atoms with Gasteiger partial charge in [-0.05, 0) is 30.0 Å². The molecule has 1 rings (SSSR count). The Balaban J connectivity index is 2.24. The largest absolute Gasteiger partial charge is 0.508 e. The molecule has 0 spiro atoms. The third-order valence-corrected chi connectivity index (χ3v) is 3.20. The Hall–Kier alpha value is -0.980. The Morgan fingerprint density at radius 3 is 2.25 bits per heavy atom. The number of hydrogen-bond donors (Lipinski definition) is 1. The monoisotopic (exact) mass is 220 g/mol. The topological polar surface area (TPSA) is 20.2 Å². The van der Waals surface area contributed by atoms with Crippen LogP contribution in [0.4, 0.5) is 0 Å². The van der Waals surface area contributed by atoms with Crippen molar-refractivity contribution < 1.29 is 5.11 Å². The fourth-order valence-electron chi connectivity index (χ4n) is 2.02. The normalized spacial score (nSPS) is 12.6. The van der Waals surface area contributed by atoms with Gasteiger partial charge in [0.05, 0.1) is 0 Å². The highest BCUT2D eigenvalue weighted by atomic mass is 16.3. The van der Waals surface area contributed by atoms with Gasteiger partial charge in [-0.3, -0.25) is 0 Å². The summed E-state index contributed by atoms with van der Waals surface area (Å²) in [6.07, 6.45) is 7.99. The third-order valence-electron chi connectivity index (χ3n) is 3.20. The summed E-state index contributed by atoms with van der Waals surface area (Å²) in [7, 11) is 0. The molecule has 1 N–H and O–H groups in total. The highest BCUT2D eigenvalue weighted by molar-refractivity contribution is 5.27. The Kier molecular flexibility index (Phi) is 5.99. The first-order chi connectivity index (χ1) is 7.74. The molecule has 1 aromatic rings. The van der Waals surface area contributed by atoms with Crippen LogP contribution < -0.4 is 0 Å². The second-order valence-electron chi connectivity index (χ2n) is 4.70. The van der Waals surface area contributed by atoms with E-state index in [2.05, 4.69) is 13.8 Å². The molecule has 1 atom stereocenters. The van der Waals surface area contributed by atoms with E-state index in [1.54, 1.807) is 12.1 Å². The molecule has 0 aliphatic heterocycles. The van der Waals surface area contributed by atoms with E-state index in [1.165, 1.54) is 44.1 Å². The number of aromatic hydroxyl groups is 1. The van der Waals surface area contributed by atoms with E-state index in [9.17, 15) is 5.11 Å². The zero-order valence-corrected chi connectivity index (χ0v) is 10.6. The molecule has 0 amide bonds. The molecule has 0 radical (unpaired) electrons. The SMILES string of the molecule is CCCCCCC[C@H](C)c1ccc(O)cc1. The Bertz CT molecular complexity index is 276. The van der Waals surface area contributed by atoms with Crippen LogP contribution in [0.15, 0.2) is 24.3 Å². The van der Waals surface area contributed by atoms with Crippen LogP contribution in [0.1, 0.15) is 63.9 Å². The van der Waals surface area contributed by atoms with Gasteiger partial charge >= 0.3 is 0 Å². The average Bonchev–Trinajstić information content (AvgIpc) is 2.29. The molecule has 0 aliphatic rings. The Morgan fingerprint density at radius 1 is 1.00 bits per heavy atom. The van der Waals surface area contributed by atoms with Crippen molar-refractivity contribution in [1.29, 1.82) is 0 Å². The second kappa shape index (κ2) is 7.32. The minimum absolute atomic E-state index is 0.360. The summed E-state index contributed by atoms with van der Waals surface area (Å²) in [6.45, 7) is 4.52. The first-order valence-corrected chi connectivity index (χ1v) is 6.53. The summed E-state index contributed by atoms with van der Waals surface area (Å²) in [4.78, 5) is 0. The summed E-state index contributed by atoms with van der Waals surface area (Å²) in [5.74, 6) is 0.973. The number of unbranched alkanes of at least 4 members (excludes halogenated alkanes) is 4. The molecule has 1 heteroatoms. The summed E-state index contributed by atoms with van der Waals surface area (Å²) in [5.41, 5.74) is 1.34. The van der Waals surface area contributed by atoms with Gasteiger partial charge in [0.25, 0.3) is 0 Å². The molecule has 0 aromatic heterocycles. The van der Waals surface area contributed by atoms with E-state index >= 15 is 0 Å². The summed E-state index contributed by atoms with van der Waals surface area (Å²) < 4.78 is 0. The molecule has 0 bridgehead atoms. The van der Waals surface area contributed by atoms with E-state index in [0.717, 1.165) is 0 Å². The van der Waals surface area contributed by atoms with Crippen molar-refractivity contribution in [3.05, 3.63) is 29.8 Å². The fraction of sp³-hybridized carbons (Fsp3) is 0.600. The third kappa shape index (κ3) is 4.69. The molecule has 1 nitrogen and oxygen atoms in total. The zero-order chi connectivity index (χ0) is 11.8. The lowest BCUT2D eigenvalue weighted by Gasteiger charge is -2.11. The van der Waals surface area contributed by atoms with Gasteiger partial charge in [0.15, 0.2) is 0 Å². The lowest BCUT2D eigenvalue weighted by molar-refractivity contribution is 0.474. The molecule has 0 aliphatic carbocycles. The number of hydrogen-bond acceptors (Lipinski definition) is 1. The van der Waals surface area contributed by atoms with E-state index in [1.807, 2.05) is 12.1 Å². The summed E-state index contributed by atoms with van der Waals surface area (Å²) >= 11 is 0. The van der Waals surface area contributed by atoms with Gasteiger partial charge in [-0.25, -0.2) is 0 Å². The van der Waals surface area contributed by atoms with Crippen LogP contribution in [-0.2, 0) is 0 Å². The van der Waals surface area contributed by atoms with E-state index in [-0.39, 0.29) is 0 Å². The molecular formula is C15H24O. The predicted octanol–water partition coefficient (Wildman–Crippen LogP) is 4.86. The van der Waals surface area contributed by atoms with Crippen molar-refractivity contribution in [2.24, 2.45) is 0 Å². The first-order valence-electron chi connectivity index (χ1n) is 6.53. The first kappa shape index (κ1) is 13.1. The Labute approximate surface area is 99.5 Å². The highest BCUT2D eigenvalue weighted by Crippen LogP contribution is 2.23. The predicted molar refractivity (Wildman–Crippen MR) is 69.9 cm³/mol. The fourth-order valence-corrected chi connectivity index (χ4v) is 2.02. The van der Waals surface area contributed by atoms with Gasteiger partial charge in [0.2, 0.25) is 0 Å². The van der Waals surface area contributed by atoms with Crippen molar-refractivity contribution in [2.45, 2.75) is 58.3 Å². The summed E-state index contributed by atoms with van der Waals surface area (Å²) in [6, 6.07) is 7.63. The van der Waals surface area contributed by atoms with Gasteiger partial charge in [-0.2, -0.15) is 0 Å². The van der Waals surface area contributed by atoms with Gasteiger partial charge in [-0.15, -0.1) is 0 Å². The van der Waals surface area contributed by atoms with Crippen molar-refractivity contribution in [3.8, 4) is 5.75 Å². The van der Waals surface area contributed by atoms with Crippen LogP contribution in [0, 0.1) is 0 Å². The van der Waals surface area contributed by atoms with Crippen LogP contribution in [-0.4, -0.2) is 5.11 Å². The van der Waals surface area contributed by atoms with E-state index < -0.39 is 0 Å². The number of phenolic OH excluding ortho intramolecular Hbond substituents is 1. The van der Waals surface area contributed by atoms with Crippen molar-refractivity contribution in [3.63, 3.8) is 0 Å². The average molecular weight is 220 g/mol. The molecule has 16 heavy (non-hydrogen) atoms. The zero-order valence-electron chi connectivity index (χ0n) is 10.6. The summed E-state index contributed by atoms with van der Waals surface area (Å²) in [5, 5.41) is 9.21. The number of benzene rings is 1. The van der Waals surface area contributed by atoms with Crippen LogP contribution in [0.5, 0.6) is 5.75 Å². The molecule has 0 saturated heterocycles.